The van der Waals surface area contributed by atoms with Crippen molar-refractivity contribution in [1.82, 2.24) is 9.88 Å². The molecule has 1 aromatic heterocycles. The predicted molar refractivity (Wildman–Crippen MR) is 137 cm³/mol. The molecule has 1 aliphatic carbocycles. The zero-order chi connectivity index (χ0) is 27.6. The number of carbonyl (C=O) groups excluding carboxylic acids is 3. The van der Waals surface area contributed by atoms with Crippen LogP contribution in [0.25, 0.3) is 0 Å². The molecule has 4 N–H and O–H groups in total. The fourth-order valence-corrected chi connectivity index (χ4v) is 4.16. The first kappa shape index (κ1) is 26.0. The second-order valence-corrected chi connectivity index (χ2v) is 9.44. The van der Waals surface area contributed by atoms with Crippen molar-refractivity contribution in [2.75, 3.05) is 29.0 Å². The number of aromatic nitrogens is 1. The van der Waals surface area contributed by atoms with Gasteiger partial charge < -0.3 is 25.4 Å². The summed E-state index contributed by atoms with van der Waals surface area (Å²) in [6.45, 7) is 0.660. The van der Waals surface area contributed by atoms with Crippen molar-refractivity contribution >= 4 is 35.0 Å². The number of aliphatic hydroxyl groups excluding tert-OH is 1. The van der Waals surface area contributed by atoms with Gasteiger partial charge in [0.15, 0.2) is 11.6 Å². The Labute approximate surface area is 222 Å². The number of hydrogen-bond acceptors (Lipinski definition) is 6. The summed E-state index contributed by atoms with van der Waals surface area (Å²) in [5, 5.41) is 17.4. The maximum Gasteiger partial charge on any atom is 0.323 e. The molecule has 3 aromatic rings. The number of aliphatic hydroxyl groups is 1. The molecule has 2 fully saturated rings. The molecule has 2 aliphatic rings. The number of nitrogens with one attached hydrogen (secondary N) is 3. The maximum absolute atomic E-state index is 14.8. The van der Waals surface area contributed by atoms with Gasteiger partial charge in [0.05, 0.1) is 6.10 Å². The van der Waals surface area contributed by atoms with Crippen molar-refractivity contribution < 1.29 is 33.0 Å². The van der Waals surface area contributed by atoms with Crippen molar-refractivity contribution in [3.05, 3.63) is 72.4 Å². The Morgan fingerprint density at radius 2 is 1.64 bits per heavy atom. The molecule has 0 unspecified atom stereocenters. The fourth-order valence-electron chi connectivity index (χ4n) is 4.16. The summed E-state index contributed by atoms with van der Waals surface area (Å²) >= 11 is 0. The smallest absolute Gasteiger partial charge is 0.323 e. The van der Waals surface area contributed by atoms with Gasteiger partial charge >= 0.3 is 6.03 Å². The molecule has 1 atom stereocenters. The van der Waals surface area contributed by atoms with E-state index in [2.05, 4.69) is 20.9 Å². The van der Waals surface area contributed by atoms with Crippen LogP contribution in [0.15, 0.2) is 60.8 Å². The Hall–Kier alpha value is -4.58. The van der Waals surface area contributed by atoms with E-state index in [1.807, 2.05) is 0 Å². The van der Waals surface area contributed by atoms with Crippen LogP contribution in [0.5, 0.6) is 11.5 Å². The minimum Gasteiger partial charge on any atom is -0.454 e. The number of carbonyl (C=O) groups is 3. The second-order valence-electron chi connectivity index (χ2n) is 9.44. The molecule has 202 valence electrons. The van der Waals surface area contributed by atoms with Gasteiger partial charge in [-0.3, -0.25) is 14.9 Å². The Morgan fingerprint density at radius 3 is 2.28 bits per heavy atom. The van der Waals surface area contributed by atoms with E-state index in [0.717, 1.165) is 6.07 Å². The van der Waals surface area contributed by atoms with Gasteiger partial charge in [0, 0.05) is 42.8 Å². The molecule has 1 saturated heterocycles. The van der Waals surface area contributed by atoms with Crippen molar-refractivity contribution in [2.45, 2.75) is 25.4 Å². The predicted octanol–water partition coefficient (Wildman–Crippen LogP) is 4.11. The van der Waals surface area contributed by atoms with Crippen molar-refractivity contribution in [3.8, 4) is 11.5 Å². The number of hydrogen-bond donors (Lipinski definition) is 4. The normalized spacial score (nSPS) is 17.3. The molecule has 10 nitrogen and oxygen atoms in total. The van der Waals surface area contributed by atoms with Crippen LogP contribution in [-0.2, 0) is 9.59 Å². The number of anilines is 3. The number of likely N-dealkylation sites (tertiary alicyclic amines) is 1. The summed E-state index contributed by atoms with van der Waals surface area (Å²) in [6, 6.07) is 11.5. The molecule has 12 heteroatoms. The molecule has 5 rings (SSSR count). The van der Waals surface area contributed by atoms with Crippen LogP contribution >= 0.6 is 0 Å². The summed E-state index contributed by atoms with van der Waals surface area (Å²) in [4.78, 5) is 43.4. The van der Waals surface area contributed by atoms with E-state index in [-0.39, 0.29) is 29.5 Å². The lowest BCUT2D eigenvalue weighted by molar-refractivity contribution is -0.131. The molecule has 1 saturated carbocycles. The standard InChI is InChI=1S/C27H25F2N5O5/c28-16-1-3-17(4-2-16)31-24(36)27(9-10-27)25(37)32-18-5-6-22(21(29)13-18)39-20-7-11-30-23(14-20)33-26(38)34-12-8-19(35)15-34/h1-7,11,13-14,19,35H,8-10,12,15H2,(H,31,36)(H,32,37)(H,30,33,38)/t19-/m1/s1. The maximum atomic E-state index is 14.8. The Morgan fingerprint density at radius 1 is 0.949 bits per heavy atom. The molecule has 0 bridgehead atoms. The van der Waals surface area contributed by atoms with Crippen LogP contribution < -0.4 is 20.7 Å². The minimum absolute atomic E-state index is 0.130. The zero-order valence-electron chi connectivity index (χ0n) is 20.6. The third-order valence-corrected chi connectivity index (χ3v) is 6.56. The van der Waals surface area contributed by atoms with Crippen LogP contribution in [0.1, 0.15) is 19.3 Å². The number of urea groups is 1. The third kappa shape index (κ3) is 5.96. The van der Waals surface area contributed by atoms with Crippen LogP contribution in [0.3, 0.4) is 0 Å². The molecule has 39 heavy (non-hydrogen) atoms. The highest BCUT2D eigenvalue weighted by molar-refractivity contribution is 6.16. The van der Waals surface area contributed by atoms with Crippen molar-refractivity contribution in [3.63, 3.8) is 0 Å². The van der Waals surface area contributed by atoms with E-state index in [0.29, 0.717) is 31.5 Å². The number of nitrogens with zero attached hydrogens (tertiary/aromatic N) is 2. The van der Waals surface area contributed by atoms with E-state index in [1.54, 1.807) is 0 Å². The second kappa shape index (κ2) is 10.7. The number of benzene rings is 2. The molecular weight excluding hydrogens is 512 g/mol. The molecule has 2 aromatic carbocycles. The lowest BCUT2D eigenvalue weighted by Crippen LogP contribution is -2.35. The SMILES string of the molecule is O=C(Nc1cc(Oc2ccc(NC(=O)C3(C(=O)Nc4ccc(F)cc4)CC3)cc2F)ccn1)N1CC[C@@H](O)C1. The highest BCUT2D eigenvalue weighted by Gasteiger charge is 2.56. The largest absolute Gasteiger partial charge is 0.454 e. The number of β-amino-alcohol motifs (C(OH)–C–C–N with tert-alkyl or cyclic N) is 1. The van der Waals surface area contributed by atoms with Gasteiger partial charge in [-0.2, -0.15) is 0 Å². The highest BCUT2D eigenvalue weighted by atomic mass is 19.1. The van der Waals surface area contributed by atoms with Gasteiger partial charge in [-0.05, 0) is 61.7 Å². The first-order chi connectivity index (χ1) is 18.7. The van der Waals surface area contributed by atoms with Crippen molar-refractivity contribution in [1.29, 1.82) is 0 Å². The molecule has 0 spiro atoms. The molecule has 4 amide bonds. The lowest BCUT2D eigenvalue weighted by Gasteiger charge is -2.17. The van der Waals surface area contributed by atoms with Crippen molar-refractivity contribution in [2.24, 2.45) is 5.41 Å². The monoisotopic (exact) mass is 537 g/mol. The summed E-state index contributed by atoms with van der Waals surface area (Å²) in [5.41, 5.74) is -0.784. The number of rotatable bonds is 7. The summed E-state index contributed by atoms with van der Waals surface area (Å²) in [6.07, 6.45) is 2.00. The van der Waals surface area contributed by atoms with E-state index in [4.69, 9.17) is 4.74 Å². The summed E-state index contributed by atoms with van der Waals surface area (Å²) in [7, 11) is 0. The minimum atomic E-state index is -1.29. The fraction of sp³-hybridized carbons (Fsp3) is 0.259. The number of pyridine rings is 1. The number of amides is 4. The average molecular weight is 538 g/mol. The number of halogens is 2. The quantitative estimate of drug-likeness (QED) is 0.336. The van der Waals surface area contributed by atoms with Gasteiger partial charge in [0.2, 0.25) is 11.8 Å². The lowest BCUT2D eigenvalue weighted by atomic mass is 10.0. The van der Waals surface area contributed by atoms with Crippen LogP contribution in [-0.4, -0.2) is 52.0 Å². The highest BCUT2D eigenvalue weighted by Crippen LogP contribution is 2.47. The molecule has 1 aliphatic heterocycles. The van der Waals surface area contributed by atoms with E-state index < -0.39 is 41.0 Å². The van der Waals surface area contributed by atoms with Gasteiger partial charge in [0.1, 0.15) is 22.8 Å². The first-order valence-electron chi connectivity index (χ1n) is 12.3. The first-order valence-corrected chi connectivity index (χ1v) is 12.3. The Kier molecular flexibility index (Phi) is 7.11. The molecule has 0 radical (unpaired) electrons. The number of ether oxygens (including phenoxy) is 1. The molecule has 2 heterocycles. The van der Waals surface area contributed by atoms with Crippen LogP contribution in [0, 0.1) is 17.0 Å². The third-order valence-electron chi connectivity index (χ3n) is 6.56. The molecular formula is C27H25F2N5O5. The summed E-state index contributed by atoms with van der Waals surface area (Å²) in [5.74, 6) is -2.03. The topological polar surface area (TPSA) is 133 Å². The van der Waals surface area contributed by atoms with Gasteiger partial charge in [-0.1, -0.05) is 0 Å². The van der Waals surface area contributed by atoms with Crippen LogP contribution in [0.2, 0.25) is 0 Å². The van der Waals surface area contributed by atoms with Gasteiger partial charge in [-0.15, -0.1) is 0 Å². The average Bonchev–Trinajstić information content (AvgIpc) is 3.62. The zero-order valence-corrected chi connectivity index (χ0v) is 20.6. The van der Waals surface area contributed by atoms with Gasteiger partial charge in [0.25, 0.3) is 0 Å². The van der Waals surface area contributed by atoms with Gasteiger partial charge in [-0.25, -0.2) is 18.6 Å². The van der Waals surface area contributed by atoms with E-state index in [1.165, 1.54) is 59.6 Å². The Bertz CT molecular complexity index is 1410. The van der Waals surface area contributed by atoms with E-state index >= 15 is 0 Å². The summed E-state index contributed by atoms with van der Waals surface area (Å²) < 4.78 is 33.5. The van der Waals surface area contributed by atoms with E-state index in [9.17, 15) is 28.3 Å². The van der Waals surface area contributed by atoms with Crippen LogP contribution in [0.4, 0.5) is 30.8 Å². The Balaban J connectivity index is 1.19.